The Balaban J connectivity index is 1.57. The summed E-state index contributed by atoms with van der Waals surface area (Å²) in [6, 6.07) is 14.0. The normalized spacial score (nSPS) is 33.1. The predicted octanol–water partition coefficient (Wildman–Crippen LogP) is 3.24. The molecule has 2 fully saturated rings. The fourth-order valence-corrected chi connectivity index (χ4v) is 3.61. The highest BCUT2D eigenvalue weighted by Crippen LogP contribution is 2.38. The highest BCUT2D eigenvalue weighted by Gasteiger charge is 2.47. The van der Waals surface area contributed by atoms with Crippen LogP contribution in [0.4, 0.5) is 0 Å². The summed E-state index contributed by atoms with van der Waals surface area (Å²) in [7, 11) is 0. The topological polar surface area (TPSA) is 77.4 Å². The summed E-state index contributed by atoms with van der Waals surface area (Å²) >= 11 is 11.9. The van der Waals surface area contributed by atoms with Gasteiger partial charge < -0.3 is 29.2 Å². The minimum Gasteiger partial charge on any atom is -0.394 e. The first kappa shape index (κ1) is 20.1. The van der Waals surface area contributed by atoms with E-state index in [-0.39, 0.29) is 13.2 Å². The van der Waals surface area contributed by atoms with Gasteiger partial charge in [-0.05, 0) is 24.3 Å². The standard InChI is InChI=1S/C20H20Cl2O6/c21-13-5-1-11(2-6-13)19-25-10-15(24)17-18(28-19)16(9-23)26-20(27-17)12-3-7-14(22)8-4-12/h1-8,15-20,23-24H,9-10H2/t15-,16+,17-,18-,19?,20?/m1/s1. The van der Waals surface area contributed by atoms with E-state index in [0.29, 0.717) is 10.0 Å². The van der Waals surface area contributed by atoms with Crippen LogP contribution in [0.3, 0.4) is 0 Å². The Morgan fingerprint density at radius 3 is 1.89 bits per heavy atom. The molecule has 2 aromatic carbocycles. The molecule has 2 aliphatic rings. The van der Waals surface area contributed by atoms with E-state index in [9.17, 15) is 10.2 Å². The van der Waals surface area contributed by atoms with Gasteiger partial charge in [0.05, 0.1) is 13.2 Å². The molecule has 4 rings (SSSR count). The molecule has 0 saturated carbocycles. The summed E-state index contributed by atoms with van der Waals surface area (Å²) in [4.78, 5) is 0. The fourth-order valence-electron chi connectivity index (χ4n) is 3.36. The van der Waals surface area contributed by atoms with Gasteiger partial charge in [-0.2, -0.15) is 0 Å². The molecule has 0 aliphatic carbocycles. The lowest BCUT2D eigenvalue weighted by Crippen LogP contribution is -2.54. The zero-order valence-electron chi connectivity index (χ0n) is 14.8. The number of rotatable bonds is 3. The van der Waals surface area contributed by atoms with E-state index >= 15 is 0 Å². The summed E-state index contributed by atoms with van der Waals surface area (Å²) in [6.45, 7) is -0.283. The van der Waals surface area contributed by atoms with Crippen molar-refractivity contribution < 1.29 is 29.2 Å². The molecule has 2 saturated heterocycles. The van der Waals surface area contributed by atoms with Gasteiger partial charge in [0.2, 0.25) is 0 Å². The van der Waals surface area contributed by atoms with E-state index < -0.39 is 37.0 Å². The average molecular weight is 427 g/mol. The van der Waals surface area contributed by atoms with Crippen molar-refractivity contribution in [2.45, 2.75) is 37.0 Å². The van der Waals surface area contributed by atoms with Crippen LogP contribution in [0.15, 0.2) is 48.5 Å². The molecule has 0 bridgehead atoms. The highest BCUT2D eigenvalue weighted by atomic mass is 35.5. The van der Waals surface area contributed by atoms with Gasteiger partial charge in [0, 0.05) is 21.2 Å². The van der Waals surface area contributed by atoms with Gasteiger partial charge in [-0.25, -0.2) is 0 Å². The molecule has 6 nitrogen and oxygen atoms in total. The van der Waals surface area contributed by atoms with Crippen LogP contribution >= 0.6 is 23.2 Å². The van der Waals surface area contributed by atoms with Crippen LogP contribution in [0.2, 0.25) is 10.0 Å². The summed E-state index contributed by atoms with van der Waals surface area (Å²) in [5.41, 5.74) is 1.47. The lowest BCUT2D eigenvalue weighted by Gasteiger charge is -2.41. The molecule has 0 radical (unpaired) electrons. The maximum atomic E-state index is 10.6. The number of ether oxygens (including phenoxy) is 4. The molecule has 2 aromatic rings. The Kier molecular flexibility index (Phi) is 6.20. The second kappa shape index (κ2) is 8.65. The molecule has 2 unspecified atom stereocenters. The summed E-state index contributed by atoms with van der Waals surface area (Å²) in [5, 5.41) is 21.7. The molecule has 0 amide bonds. The Hall–Kier alpha value is -1.22. The zero-order chi connectivity index (χ0) is 19.7. The number of halogens is 2. The van der Waals surface area contributed by atoms with Crippen molar-refractivity contribution in [1.82, 2.24) is 0 Å². The molecule has 8 heteroatoms. The quantitative estimate of drug-likeness (QED) is 0.784. The van der Waals surface area contributed by atoms with Gasteiger partial charge in [0.15, 0.2) is 12.6 Å². The van der Waals surface area contributed by atoms with Crippen LogP contribution in [0.25, 0.3) is 0 Å². The molecule has 2 N–H and O–H groups in total. The van der Waals surface area contributed by atoms with Crippen LogP contribution in [-0.2, 0) is 18.9 Å². The van der Waals surface area contributed by atoms with Crippen molar-refractivity contribution >= 4 is 23.2 Å². The highest BCUT2D eigenvalue weighted by molar-refractivity contribution is 6.30. The smallest absolute Gasteiger partial charge is 0.184 e. The number of hydrogen-bond donors (Lipinski definition) is 2. The van der Waals surface area contributed by atoms with Crippen molar-refractivity contribution in [3.8, 4) is 0 Å². The first-order valence-electron chi connectivity index (χ1n) is 8.93. The molecular weight excluding hydrogens is 407 g/mol. The van der Waals surface area contributed by atoms with Crippen LogP contribution in [0, 0.1) is 0 Å². The SMILES string of the molecule is OC[C@@H]1OC(c2ccc(Cl)cc2)O[C@H]2[C@@H]1OC(c1ccc(Cl)cc1)OC[C@H]2O. The zero-order valence-corrected chi connectivity index (χ0v) is 16.3. The maximum Gasteiger partial charge on any atom is 0.184 e. The van der Waals surface area contributed by atoms with Crippen molar-refractivity contribution in [2.75, 3.05) is 13.2 Å². The van der Waals surface area contributed by atoms with Crippen molar-refractivity contribution in [3.63, 3.8) is 0 Å². The summed E-state index contributed by atoms with van der Waals surface area (Å²) < 4.78 is 23.7. The van der Waals surface area contributed by atoms with Gasteiger partial charge in [-0.1, -0.05) is 47.5 Å². The van der Waals surface area contributed by atoms with Crippen LogP contribution in [0.1, 0.15) is 23.7 Å². The van der Waals surface area contributed by atoms with E-state index in [4.69, 9.17) is 42.1 Å². The molecule has 0 spiro atoms. The van der Waals surface area contributed by atoms with Crippen LogP contribution < -0.4 is 0 Å². The molecule has 150 valence electrons. The summed E-state index contributed by atoms with van der Waals surface area (Å²) in [6.07, 6.45) is -4.60. The van der Waals surface area contributed by atoms with Crippen LogP contribution in [-0.4, -0.2) is 47.8 Å². The van der Waals surface area contributed by atoms with E-state index in [1.165, 1.54) is 0 Å². The average Bonchev–Trinajstić information content (AvgIpc) is 2.88. The fraction of sp³-hybridized carbons (Fsp3) is 0.400. The Labute approximate surface area is 172 Å². The van der Waals surface area contributed by atoms with Crippen molar-refractivity contribution in [1.29, 1.82) is 0 Å². The minimum atomic E-state index is -0.949. The minimum absolute atomic E-state index is 0.0138. The van der Waals surface area contributed by atoms with Gasteiger partial charge in [-0.15, -0.1) is 0 Å². The van der Waals surface area contributed by atoms with E-state index in [0.717, 1.165) is 11.1 Å². The Bertz CT molecular complexity index is 741. The predicted molar refractivity (Wildman–Crippen MR) is 102 cm³/mol. The Morgan fingerprint density at radius 1 is 0.786 bits per heavy atom. The molecular formula is C20H20Cl2O6. The number of aliphatic hydroxyl groups is 2. The molecule has 0 aromatic heterocycles. The van der Waals surface area contributed by atoms with E-state index in [1.807, 2.05) is 0 Å². The van der Waals surface area contributed by atoms with Crippen molar-refractivity contribution in [2.24, 2.45) is 0 Å². The largest absolute Gasteiger partial charge is 0.394 e. The van der Waals surface area contributed by atoms with Gasteiger partial charge in [-0.3, -0.25) is 0 Å². The lowest BCUT2D eigenvalue weighted by atomic mass is 10.0. The number of benzene rings is 2. The van der Waals surface area contributed by atoms with Gasteiger partial charge in [0.25, 0.3) is 0 Å². The van der Waals surface area contributed by atoms with Crippen molar-refractivity contribution in [3.05, 3.63) is 69.7 Å². The number of aliphatic hydroxyl groups excluding tert-OH is 2. The van der Waals surface area contributed by atoms with Gasteiger partial charge >= 0.3 is 0 Å². The van der Waals surface area contributed by atoms with Gasteiger partial charge in [0.1, 0.15) is 24.4 Å². The van der Waals surface area contributed by atoms with E-state index in [1.54, 1.807) is 48.5 Å². The first-order valence-corrected chi connectivity index (χ1v) is 9.68. The third-order valence-electron chi connectivity index (χ3n) is 4.81. The molecule has 28 heavy (non-hydrogen) atoms. The molecule has 2 aliphatic heterocycles. The number of fused-ring (bicyclic) bond motifs is 1. The lowest BCUT2D eigenvalue weighted by molar-refractivity contribution is -0.322. The summed E-state index contributed by atoms with van der Waals surface area (Å²) in [5.74, 6) is 0. The maximum absolute atomic E-state index is 10.6. The third-order valence-corrected chi connectivity index (χ3v) is 5.32. The third kappa shape index (κ3) is 4.20. The second-order valence-electron chi connectivity index (χ2n) is 6.73. The Morgan fingerprint density at radius 2 is 1.32 bits per heavy atom. The monoisotopic (exact) mass is 426 g/mol. The van der Waals surface area contributed by atoms with E-state index in [2.05, 4.69) is 0 Å². The van der Waals surface area contributed by atoms with Crippen LogP contribution in [0.5, 0.6) is 0 Å². The number of hydrogen-bond acceptors (Lipinski definition) is 6. The second-order valence-corrected chi connectivity index (χ2v) is 7.60. The molecule has 2 heterocycles. The molecule has 6 atom stereocenters. The first-order chi connectivity index (χ1) is 13.5.